The molecule has 0 radical (unpaired) electrons. The van der Waals surface area contributed by atoms with Crippen molar-refractivity contribution in [3.8, 4) is 6.07 Å². The van der Waals surface area contributed by atoms with Crippen LogP contribution in [0.5, 0.6) is 0 Å². The molecule has 1 atom stereocenters. The summed E-state index contributed by atoms with van der Waals surface area (Å²) < 4.78 is 0. The number of hydrogen-bond acceptors (Lipinski definition) is 2. The van der Waals surface area contributed by atoms with Crippen molar-refractivity contribution in [3.05, 3.63) is 0 Å². The molecule has 0 spiro atoms. The van der Waals surface area contributed by atoms with Gasteiger partial charge in [0.15, 0.2) is 0 Å². The Morgan fingerprint density at radius 1 is 1.08 bits per heavy atom. The topological polar surface area (TPSA) is 27.0 Å². The summed E-state index contributed by atoms with van der Waals surface area (Å²) in [6.45, 7) is 6.58. The van der Waals surface area contributed by atoms with E-state index in [9.17, 15) is 0 Å². The van der Waals surface area contributed by atoms with Gasteiger partial charge in [0.1, 0.15) is 0 Å². The molecular formula is C11H22N2. The van der Waals surface area contributed by atoms with Crippen molar-refractivity contribution in [3.63, 3.8) is 0 Å². The van der Waals surface area contributed by atoms with Crippen LogP contribution in [-0.4, -0.2) is 24.0 Å². The summed E-state index contributed by atoms with van der Waals surface area (Å²) in [6, 6.07) is 3.34. The highest BCUT2D eigenvalue weighted by Crippen LogP contribution is 2.14. The van der Waals surface area contributed by atoms with Crippen LogP contribution in [0.3, 0.4) is 0 Å². The summed E-state index contributed by atoms with van der Waals surface area (Å²) in [4.78, 5) is 2.36. The predicted molar refractivity (Wildman–Crippen MR) is 56.4 cm³/mol. The summed E-state index contributed by atoms with van der Waals surface area (Å²) >= 11 is 0. The molecule has 0 aliphatic rings. The molecule has 0 saturated heterocycles. The quantitative estimate of drug-likeness (QED) is 0.631. The molecule has 0 aromatic carbocycles. The number of hydrogen-bond donors (Lipinski definition) is 0. The van der Waals surface area contributed by atoms with Gasteiger partial charge in [-0.05, 0) is 26.3 Å². The first-order valence-electron chi connectivity index (χ1n) is 5.30. The Bertz CT molecular complexity index is 156. The lowest BCUT2D eigenvalue weighted by Gasteiger charge is -2.32. The largest absolute Gasteiger partial charge is 0.299 e. The molecule has 0 amide bonds. The van der Waals surface area contributed by atoms with Gasteiger partial charge in [-0.15, -0.1) is 0 Å². The number of rotatable bonds is 6. The molecule has 0 aliphatic heterocycles. The molecule has 76 valence electrons. The van der Waals surface area contributed by atoms with Gasteiger partial charge in [0.25, 0.3) is 0 Å². The molecule has 2 nitrogen and oxygen atoms in total. The van der Waals surface area contributed by atoms with E-state index in [1.165, 1.54) is 12.8 Å². The normalized spacial score (nSPS) is 13.3. The average Bonchev–Trinajstić information content (AvgIpc) is 2.15. The van der Waals surface area contributed by atoms with Crippen molar-refractivity contribution in [2.75, 3.05) is 7.05 Å². The second-order valence-electron chi connectivity index (χ2n) is 3.56. The Balaban J connectivity index is 4.17. The minimum atomic E-state index is 0.440. The monoisotopic (exact) mass is 182 g/mol. The Hall–Kier alpha value is -0.550. The van der Waals surface area contributed by atoms with Crippen LogP contribution < -0.4 is 0 Å². The summed E-state index contributed by atoms with van der Waals surface area (Å²) in [5.74, 6) is 0. The average molecular weight is 182 g/mol. The fraction of sp³-hybridized carbons (Fsp3) is 0.909. The molecule has 0 rings (SSSR count). The summed E-state index contributed by atoms with van der Waals surface area (Å²) in [5.41, 5.74) is 0. The fourth-order valence-corrected chi connectivity index (χ4v) is 1.84. The summed E-state index contributed by atoms with van der Waals surface area (Å²) in [6.07, 6.45) is 4.08. The number of nitrogens with zero attached hydrogens (tertiary/aromatic N) is 2. The maximum Gasteiger partial charge on any atom is 0.0638 e. The molecule has 0 aliphatic carbocycles. The molecular weight excluding hydrogens is 160 g/mol. The van der Waals surface area contributed by atoms with Crippen LogP contribution in [0.25, 0.3) is 0 Å². The molecule has 0 fully saturated rings. The van der Waals surface area contributed by atoms with Gasteiger partial charge in [-0.25, -0.2) is 0 Å². The van der Waals surface area contributed by atoms with Gasteiger partial charge < -0.3 is 0 Å². The minimum Gasteiger partial charge on any atom is -0.299 e. The zero-order chi connectivity index (χ0) is 10.3. The van der Waals surface area contributed by atoms with Gasteiger partial charge >= 0.3 is 0 Å². The summed E-state index contributed by atoms with van der Waals surface area (Å²) in [5, 5.41) is 8.67. The van der Waals surface area contributed by atoms with Crippen LogP contribution in [0.2, 0.25) is 0 Å². The van der Waals surface area contributed by atoms with Crippen molar-refractivity contribution in [2.24, 2.45) is 0 Å². The highest BCUT2D eigenvalue weighted by molar-refractivity contribution is 4.83. The van der Waals surface area contributed by atoms with Gasteiger partial charge in [-0.1, -0.05) is 20.8 Å². The predicted octanol–water partition coefficient (Wildman–Crippen LogP) is 2.80. The molecule has 0 aromatic rings. The maximum atomic E-state index is 8.67. The summed E-state index contributed by atoms with van der Waals surface area (Å²) in [7, 11) is 2.14. The van der Waals surface area contributed by atoms with E-state index in [-0.39, 0.29) is 0 Å². The van der Waals surface area contributed by atoms with E-state index in [0.717, 1.165) is 6.42 Å². The van der Waals surface area contributed by atoms with Crippen molar-refractivity contribution < 1.29 is 0 Å². The molecule has 0 heterocycles. The molecule has 0 bridgehead atoms. The third-order valence-electron chi connectivity index (χ3n) is 2.89. The van der Waals surface area contributed by atoms with E-state index >= 15 is 0 Å². The van der Waals surface area contributed by atoms with E-state index in [1.54, 1.807) is 0 Å². The maximum absolute atomic E-state index is 8.67. The zero-order valence-corrected chi connectivity index (χ0v) is 9.38. The SMILES string of the molecule is CCC(CC)N(C)C(CC)CC#N. The van der Waals surface area contributed by atoms with Crippen LogP contribution in [0.15, 0.2) is 0 Å². The van der Waals surface area contributed by atoms with Gasteiger partial charge in [0.05, 0.1) is 12.5 Å². The van der Waals surface area contributed by atoms with E-state index in [4.69, 9.17) is 5.26 Å². The molecule has 0 saturated carbocycles. The van der Waals surface area contributed by atoms with Crippen molar-refractivity contribution in [2.45, 2.75) is 58.5 Å². The van der Waals surface area contributed by atoms with Crippen LogP contribution in [0.1, 0.15) is 46.5 Å². The highest BCUT2D eigenvalue weighted by Gasteiger charge is 2.18. The second kappa shape index (κ2) is 6.91. The van der Waals surface area contributed by atoms with E-state index < -0.39 is 0 Å². The first-order chi connectivity index (χ1) is 6.21. The second-order valence-corrected chi connectivity index (χ2v) is 3.56. The Morgan fingerprint density at radius 3 is 1.85 bits per heavy atom. The van der Waals surface area contributed by atoms with Gasteiger partial charge in [-0.3, -0.25) is 4.90 Å². The number of nitriles is 1. The Morgan fingerprint density at radius 2 is 1.54 bits per heavy atom. The molecule has 1 unspecified atom stereocenters. The van der Waals surface area contributed by atoms with Crippen molar-refractivity contribution >= 4 is 0 Å². The van der Waals surface area contributed by atoms with Gasteiger partial charge in [-0.2, -0.15) is 5.26 Å². The van der Waals surface area contributed by atoms with E-state index in [1.807, 2.05) is 0 Å². The zero-order valence-electron chi connectivity index (χ0n) is 9.38. The first kappa shape index (κ1) is 12.4. The lowest BCUT2D eigenvalue weighted by Crippen LogP contribution is -2.39. The van der Waals surface area contributed by atoms with Gasteiger partial charge in [0, 0.05) is 12.1 Å². The third-order valence-corrected chi connectivity index (χ3v) is 2.89. The lowest BCUT2D eigenvalue weighted by atomic mass is 10.0. The first-order valence-corrected chi connectivity index (χ1v) is 5.30. The molecule has 2 heteroatoms. The van der Waals surface area contributed by atoms with E-state index in [0.29, 0.717) is 18.5 Å². The van der Waals surface area contributed by atoms with Gasteiger partial charge in [0.2, 0.25) is 0 Å². The smallest absolute Gasteiger partial charge is 0.0638 e. The van der Waals surface area contributed by atoms with E-state index in [2.05, 4.69) is 38.8 Å². The van der Waals surface area contributed by atoms with Crippen LogP contribution in [0, 0.1) is 11.3 Å². The highest BCUT2D eigenvalue weighted by atomic mass is 15.2. The van der Waals surface area contributed by atoms with Crippen molar-refractivity contribution in [1.82, 2.24) is 4.90 Å². The van der Waals surface area contributed by atoms with Crippen molar-refractivity contribution in [1.29, 1.82) is 5.26 Å². The standard InChI is InChI=1S/C11H22N2/c1-5-10(6-2)13(4)11(7-3)8-9-12/h10-11H,5-8H2,1-4H3. The minimum absolute atomic E-state index is 0.440. The van der Waals surface area contributed by atoms with Crippen LogP contribution in [0.4, 0.5) is 0 Å². The fourth-order valence-electron chi connectivity index (χ4n) is 1.84. The molecule has 0 N–H and O–H groups in total. The molecule has 0 aromatic heterocycles. The third kappa shape index (κ3) is 3.78. The lowest BCUT2D eigenvalue weighted by molar-refractivity contribution is 0.161. The van der Waals surface area contributed by atoms with Crippen LogP contribution >= 0.6 is 0 Å². The Kier molecular flexibility index (Phi) is 6.62. The Labute approximate surface area is 82.5 Å². The molecule has 13 heavy (non-hydrogen) atoms. The van der Waals surface area contributed by atoms with Crippen LogP contribution in [-0.2, 0) is 0 Å².